The van der Waals surface area contributed by atoms with Crippen molar-refractivity contribution in [2.24, 2.45) is 5.73 Å². The fourth-order valence-electron chi connectivity index (χ4n) is 1.32. The molecule has 0 atom stereocenters. The topological polar surface area (TPSA) is 148 Å². The summed E-state index contributed by atoms with van der Waals surface area (Å²) in [4.78, 5) is 32.0. The summed E-state index contributed by atoms with van der Waals surface area (Å²) in [6, 6.07) is 0. The van der Waals surface area contributed by atoms with Crippen LogP contribution in [0.15, 0.2) is 11.0 Å². The van der Waals surface area contributed by atoms with Crippen LogP contribution in [-0.2, 0) is 0 Å². The van der Waals surface area contributed by atoms with Gasteiger partial charge in [-0.2, -0.15) is 0 Å². The van der Waals surface area contributed by atoms with Crippen molar-refractivity contribution in [2.45, 2.75) is 0 Å². The highest BCUT2D eigenvalue weighted by Gasteiger charge is 2.17. The zero-order valence-electron chi connectivity index (χ0n) is 7.89. The molecule has 0 unspecified atom stereocenters. The molecule has 0 radical (unpaired) electrons. The first-order valence-corrected chi connectivity index (χ1v) is 4.18. The number of anilines is 1. The summed E-state index contributed by atoms with van der Waals surface area (Å²) >= 11 is 0. The molecule has 0 saturated heterocycles. The summed E-state index contributed by atoms with van der Waals surface area (Å²) < 4.78 is 0. The monoisotopic (exact) mass is 221 g/mol. The third-order valence-electron chi connectivity index (χ3n) is 1.96. The van der Waals surface area contributed by atoms with E-state index >= 15 is 0 Å². The number of amides is 1. The van der Waals surface area contributed by atoms with E-state index in [0.29, 0.717) is 0 Å². The first-order chi connectivity index (χ1) is 7.50. The van der Waals surface area contributed by atoms with E-state index in [1.807, 2.05) is 4.98 Å². The van der Waals surface area contributed by atoms with Gasteiger partial charge in [-0.15, -0.1) is 0 Å². The normalized spacial score (nSPS) is 10.5. The summed E-state index contributed by atoms with van der Waals surface area (Å²) in [5, 5.41) is 9.39. The van der Waals surface area contributed by atoms with Crippen molar-refractivity contribution in [3.63, 3.8) is 0 Å². The Balaban J connectivity index is 3.03. The van der Waals surface area contributed by atoms with E-state index < -0.39 is 17.3 Å². The molecule has 6 N–H and O–H groups in total. The Kier molecular flexibility index (Phi) is 1.97. The Labute approximate surface area is 87.9 Å². The lowest BCUT2D eigenvalue weighted by Gasteiger charge is -2.03. The third kappa shape index (κ3) is 1.32. The lowest BCUT2D eigenvalue weighted by molar-refractivity contribution is 0.0998. The number of carbonyl (C=O) groups is 1. The molecule has 8 nitrogen and oxygen atoms in total. The molecule has 0 fully saturated rings. The maximum absolute atomic E-state index is 11.4. The molecular weight excluding hydrogens is 214 g/mol. The van der Waals surface area contributed by atoms with Gasteiger partial charge in [0.05, 0.1) is 6.20 Å². The number of nitrogens with one attached hydrogen (secondary N) is 1. The second-order valence-corrected chi connectivity index (χ2v) is 3.03. The molecule has 0 bridgehead atoms. The number of aromatic nitrogens is 3. The number of primary amides is 1. The van der Waals surface area contributed by atoms with Gasteiger partial charge in [0, 0.05) is 0 Å². The minimum absolute atomic E-state index is 0.0139. The smallest absolute Gasteiger partial charge is 0.278 e. The van der Waals surface area contributed by atoms with Crippen molar-refractivity contribution in [2.75, 3.05) is 5.73 Å². The Hall–Kier alpha value is -2.64. The van der Waals surface area contributed by atoms with E-state index in [2.05, 4.69) is 9.97 Å². The maximum Gasteiger partial charge on any atom is 0.278 e. The minimum Gasteiger partial charge on any atom is -0.494 e. The number of H-pyrrole nitrogens is 1. The van der Waals surface area contributed by atoms with Crippen molar-refractivity contribution < 1.29 is 9.90 Å². The predicted molar refractivity (Wildman–Crippen MR) is 54.8 cm³/mol. The maximum atomic E-state index is 11.4. The zero-order valence-corrected chi connectivity index (χ0v) is 7.89. The van der Waals surface area contributed by atoms with Crippen LogP contribution in [0.4, 0.5) is 5.82 Å². The quantitative estimate of drug-likeness (QED) is 0.470. The van der Waals surface area contributed by atoms with Gasteiger partial charge in [-0.1, -0.05) is 0 Å². The van der Waals surface area contributed by atoms with Crippen LogP contribution < -0.4 is 17.0 Å². The van der Waals surface area contributed by atoms with E-state index in [1.54, 1.807) is 0 Å². The number of nitrogen functional groups attached to an aromatic ring is 1. The van der Waals surface area contributed by atoms with Crippen molar-refractivity contribution in [1.29, 1.82) is 0 Å². The number of hydrogen-bond donors (Lipinski definition) is 4. The number of rotatable bonds is 1. The van der Waals surface area contributed by atoms with E-state index in [1.165, 1.54) is 6.20 Å². The fourth-order valence-corrected chi connectivity index (χ4v) is 1.32. The van der Waals surface area contributed by atoms with Gasteiger partial charge in [0.2, 0.25) is 5.88 Å². The molecule has 2 rings (SSSR count). The summed E-state index contributed by atoms with van der Waals surface area (Å²) in [6.07, 6.45) is 1.17. The van der Waals surface area contributed by atoms with E-state index in [9.17, 15) is 14.7 Å². The highest BCUT2D eigenvalue weighted by Crippen LogP contribution is 2.19. The molecule has 0 spiro atoms. The van der Waals surface area contributed by atoms with Gasteiger partial charge in [0.25, 0.3) is 11.5 Å². The number of hydrogen-bond acceptors (Lipinski definition) is 6. The number of aromatic amines is 1. The van der Waals surface area contributed by atoms with Crippen LogP contribution in [0.25, 0.3) is 11.0 Å². The number of pyridine rings is 1. The summed E-state index contributed by atoms with van der Waals surface area (Å²) in [5.41, 5.74) is 9.21. The van der Waals surface area contributed by atoms with Crippen LogP contribution in [0.1, 0.15) is 10.4 Å². The Morgan fingerprint density at radius 3 is 2.75 bits per heavy atom. The number of nitrogens with zero attached hydrogens (tertiary/aromatic N) is 2. The third-order valence-corrected chi connectivity index (χ3v) is 1.96. The Bertz CT molecular complexity index is 648. The lowest BCUT2D eigenvalue weighted by Crippen LogP contribution is -2.18. The molecule has 82 valence electrons. The average Bonchev–Trinajstić information content (AvgIpc) is 2.15. The second kappa shape index (κ2) is 3.19. The summed E-state index contributed by atoms with van der Waals surface area (Å²) in [6.45, 7) is 0. The number of aromatic hydroxyl groups is 1. The SMILES string of the molecule is NC(=O)c1c(O)[nH]c(=O)c2ncc(N)nc12. The molecule has 8 heteroatoms. The van der Waals surface area contributed by atoms with Gasteiger partial charge >= 0.3 is 0 Å². The minimum atomic E-state index is -0.932. The molecular formula is C8H7N5O3. The fraction of sp³-hybridized carbons (Fsp3) is 0. The number of fused-ring (bicyclic) bond motifs is 1. The standard InChI is InChI=1S/C8H7N5O3/c9-2-1-11-5-4(12-2)3(6(10)14)7(15)13-8(5)16/h1H,(H2,9,12)(H2,10,14)(H2,13,15,16). The van der Waals surface area contributed by atoms with Gasteiger partial charge in [0.1, 0.15) is 16.9 Å². The highest BCUT2D eigenvalue weighted by molar-refractivity contribution is 6.05. The van der Waals surface area contributed by atoms with Gasteiger partial charge in [-0.3, -0.25) is 14.6 Å². The highest BCUT2D eigenvalue weighted by atomic mass is 16.3. The molecule has 0 aliphatic rings. The second-order valence-electron chi connectivity index (χ2n) is 3.03. The van der Waals surface area contributed by atoms with Crippen LogP contribution in [0, 0.1) is 0 Å². The molecule has 2 aromatic rings. The molecule has 0 aliphatic carbocycles. The predicted octanol–water partition coefficient (Wildman–Crippen LogP) is -1.30. The Morgan fingerprint density at radius 1 is 1.44 bits per heavy atom. The molecule has 0 saturated carbocycles. The van der Waals surface area contributed by atoms with Crippen LogP contribution >= 0.6 is 0 Å². The molecule has 1 amide bonds. The first kappa shape index (κ1) is 9.90. The first-order valence-electron chi connectivity index (χ1n) is 4.18. The summed E-state index contributed by atoms with van der Waals surface area (Å²) in [7, 11) is 0. The van der Waals surface area contributed by atoms with Crippen LogP contribution in [-0.4, -0.2) is 26.0 Å². The largest absolute Gasteiger partial charge is 0.494 e. The average molecular weight is 221 g/mol. The van der Waals surface area contributed by atoms with E-state index in [4.69, 9.17) is 11.5 Å². The van der Waals surface area contributed by atoms with Gasteiger partial charge in [-0.05, 0) is 0 Å². The van der Waals surface area contributed by atoms with Crippen LogP contribution in [0.2, 0.25) is 0 Å². The Morgan fingerprint density at radius 2 is 2.12 bits per heavy atom. The number of nitrogens with two attached hydrogens (primary N) is 2. The zero-order chi connectivity index (χ0) is 11.9. The van der Waals surface area contributed by atoms with Crippen molar-refractivity contribution in [3.05, 3.63) is 22.1 Å². The molecule has 0 aromatic carbocycles. The number of carbonyl (C=O) groups excluding carboxylic acids is 1. The van der Waals surface area contributed by atoms with Crippen molar-refractivity contribution >= 4 is 22.8 Å². The van der Waals surface area contributed by atoms with Gasteiger partial charge in [-0.25, -0.2) is 9.97 Å². The van der Waals surface area contributed by atoms with Crippen LogP contribution in [0.3, 0.4) is 0 Å². The van der Waals surface area contributed by atoms with Crippen molar-refractivity contribution in [3.8, 4) is 5.88 Å². The molecule has 2 aromatic heterocycles. The van der Waals surface area contributed by atoms with Gasteiger partial charge < -0.3 is 16.6 Å². The lowest BCUT2D eigenvalue weighted by atomic mass is 10.2. The van der Waals surface area contributed by atoms with E-state index in [0.717, 1.165) is 0 Å². The van der Waals surface area contributed by atoms with Gasteiger partial charge in [0.15, 0.2) is 5.52 Å². The molecule has 16 heavy (non-hydrogen) atoms. The van der Waals surface area contributed by atoms with E-state index in [-0.39, 0.29) is 22.4 Å². The van der Waals surface area contributed by atoms with Crippen LogP contribution in [0.5, 0.6) is 5.88 Å². The van der Waals surface area contributed by atoms with Crippen molar-refractivity contribution in [1.82, 2.24) is 15.0 Å². The molecule has 2 heterocycles. The molecule has 0 aliphatic heterocycles. The summed E-state index contributed by atoms with van der Waals surface area (Å²) in [5.74, 6) is -1.57.